The minimum atomic E-state index is -0.115. The normalized spacial score (nSPS) is 11.8. The maximum Gasteiger partial charge on any atom is 0.252 e. The van der Waals surface area contributed by atoms with E-state index in [9.17, 15) is 4.79 Å². The number of carbonyl (C=O) groups excluding carboxylic acids is 1. The molecule has 2 rings (SSSR count). The molecule has 0 radical (unpaired) electrons. The molecule has 0 aliphatic rings. The zero-order chi connectivity index (χ0) is 16.1. The van der Waals surface area contributed by atoms with Crippen LogP contribution >= 0.6 is 31.9 Å². The van der Waals surface area contributed by atoms with Crippen molar-refractivity contribution in [3.8, 4) is 5.75 Å². The molecular weight excluding hydrogens is 410 g/mol. The van der Waals surface area contributed by atoms with E-state index in [0.717, 1.165) is 15.4 Å². The van der Waals surface area contributed by atoms with Gasteiger partial charge in [-0.05, 0) is 65.2 Å². The third-order valence-corrected chi connectivity index (χ3v) is 4.47. The number of rotatable bonds is 5. The maximum absolute atomic E-state index is 12.4. The molecule has 1 amide bonds. The van der Waals surface area contributed by atoms with Gasteiger partial charge in [0.2, 0.25) is 0 Å². The molecule has 1 atom stereocenters. The van der Waals surface area contributed by atoms with Crippen molar-refractivity contribution in [3.05, 3.63) is 62.5 Å². The lowest BCUT2D eigenvalue weighted by Crippen LogP contribution is -2.34. The van der Waals surface area contributed by atoms with Crippen LogP contribution in [0.15, 0.2) is 51.4 Å². The Morgan fingerprint density at radius 1 is 1.18 bits per heavy atom. The smallest absolute Gasteiger partial charge is 0.252 e. The predicted octanol–water partition coefficient (Wildman–Crippen LogP) is 4.58. The van der Waals surface area contributed by atoms with Crippen molar-refractivity contribution < 1.29 is 9.53 Å². The molecule has 0 spiro atoms. The molecule has 116 valence electrons. The summed E-state index contributed by atoms with van der Waals surface area (Å²) in [6.45, 7) is 1.99. The second kappa shape index (κ2) is 7.79. The van der Waals surface area contributed by atoms with Crippen LogP contribution in [0.1, 0.15) is 22.8 Å². The Kier molecular flexibility index (Phi) is 6.03. The van der Waals surface area contributed by atoms with Gasteiger partial charge < -0.3 is 10.1 Å². The number of nitrogens with one attached hydrogen (secondary N) is 1. The first-order chi connectivity index (χ1) is 10.5. The molecule has 1 N–H and O–H groups in total. The summed E-state index contributed by atoms with van der Waals surface area (Å²) < 4.78 is 6.97. The van der Waals surface area contributed by atoms with Crippen LogP contribution in [0.3, 0.4) is 0 Å². The summed E-state index contributed by atoms with van der Waals surface area (Å²) in [6.07, 6.45) is 0.778. The topological polar surface area (TPSA) is 38.3 Å². The zero-order valence-corrected chi connectivity index (χ0v) is 15.6. The fraction of sp³-hybridized carbons (Fsp3) is 0.235. The summed E-state index contributed by atoms with van der Waals surface area (Å²) >= 11 is 6.82. The van der Waals surface area contributed by atoms with Gasteiger partial charge in [0.1, 0.15) is 5.75 Å². The second-order valence-electron chi connectivity index (χ2n) is 5.05. The fourth-order valence-corrected chi connectivity index (χ4v) is 2.82. The zero-order valence-electron chi connectivity index (χ0n) is 12.4. The third-order valence-electron chi connectivity index (χ3n) is 3.25. The third kappa shape index (κ3) is 4.58. The van der Waals surface area contributed by atoms with Crippen molar-refractivity contribution in [2.75, 3.05) is 7.11 Å². The van der Waals surface area contributed by atoms with Gasteiger partial charge in [-0.2, -0.15) is 0 Å². The lowest BCUT2D eigenvalue weighted by Gasteiger charge is -2.15. The first-order valence-corrected chi connectivity index (χ1v) is 8.47. The molecule has 0 heterocycles. The number of benzene rings is 2. The van der Waals surface area contributed by atoms with E-state index >= 15 is 0 Å². The highest BCUT2D eigenvalue weighted by molar-refractivity contribution is 9.10. The van der Waals surface area contributed by atoms with Crippen molar-refractivity contribution in [1.29, 1.82) is 0 Å². The monoisotopic (exact) mass is 425 g/mol. The molecule has 3 nitrogen and oxygen atoms in total. The Morgan fingerprint density at radius 2 is 1.86 bits per heavy atom. The van der Waals surface area contributed by atoms with Crippen LogP contribution < -0.4 is 10.1 Å². The van der Waals surface area contributed by atoms with Crippen LogP contribution in [-0.2, 0) is 6.42 Å². The molecule has 0 saturated carbocycles. The Labute approximate surface area is 147 Å². The quantitative estimate of drug-likeness (QED) is 0.759. The fourth-order valence-electron chi connectivity index (χ4n) is 2.13. The van der Waals surface area contributed by atoms with Crippen LogP contribution in [0.4, 0.5) is 0 Å². The molecule has 2 aromatic carbocycles. The van der Waals surface area contributed by atoms with Gasteiger partial charge in [0.15, 0.2) is 0 Å². The van der Waals surface area contributed by atoms with E-state index in [4.69, 9.17) is 4.74 Å². The van der Waals surface area contributed by atoms with Crippen LogP contribution in [0, 0.1) is 0 Å². The van der Waals surface area contributed by atoms with Crippen LogP contribution in [0.5, 0.6) is 5.75 Å². The molecule has 1 unspecified atom stereocenters. The molecule has 0 aliphatic heterocycles. The Hall–Kier alpha value is -1.33. The highest BCUT2D eigenvalue weighted by atomic mass is 79.9. The molecule has 5 heteroatoms. The molecule has 0 saturated heterocycles. The minimum Gasteiger partial charge on any atom is -0.497 e. The summed E-state index contributed by atoms with van der Waals surface area (Å²) in [5.74, 6) is 0.546. The maximum atomic E-state index is 12.4. The summed E-state index contributed by atoms with van der Waals surface area (Å²) in [4.78, 5) is 12.4. The van der Waals surface area contributed by atoms with E-state index in [-0.39, 0.29) is 11.9 Å². The van der Waals surface area contributed by atoms with Gasteiger partial charge in [0, 0.05) is 15.0 Å². The molecule has 0 aliphatic carbocycles. The number of hydrogen-bond donors (Lipinski definition) is 1. The summed E-state index contributed by atoms with van der Waals surface area (Å²) in [6, 6.07) is 13.5. The first kappa shape index (κ1) is 17.0. The first-order valence-electron chi connectivity index (χ1n) is 6.88. The largest absolute Gasteiger partial charge is 0.497 e. The minimum absolute atomic E-state index is 0.0341. The number of hydrogen-bond acceptors (Lipinski definition) is 2. The number of carbonyl (C=O) groups is 1. The molecule has 2 aromatic rings. The van der Waals surface area contributed by atoms with E-state index in [1.807, 2.05) is 43.3 Å². The Balaban J connectivity index is 2.03. The van der Waals surface area contributed by atoms with Crippen LogP contribution in [-0.4, -0.2) is 19.1 Å². The van der Waals surface area contributed by atoms with Gasteiger partial charge in [0.25, 0.3) is 5.91 Å². The number of amides is 1. The van der Waals surface area contributed by atoms with E-state index in [0.29, 0.717) is 11.3 Å². The second-order valence-corrected chi connectivity index (χ2v) is 6.82. The summed E-state index contributed by atoms with van der Waals surface area (Å²) in [5, 5.41) is 3.02. The van der Waals surface area contributed by atoms with Gasteiger partial charge >= 0.3 is 0 Å². The average molecular weight is 427 g/mol. The van der Waals surface area contributed by atoms with Gasteiger partial charge in [-0.1, -0.05) is 28.1 Å². The average Bonchev–Trinajstić information content (AvgIpc) is 2.50. The molecule has 22 heavy (non-hydrogen) atoms. The lowest BCUT2D eigenvalue weighted by atomic mass is 10.1. The highest BCUT2D eigenvalue weighted by Crippen LogP contribution is 2.22. The molecule has 0 fully saturated rings. The lowest BCUT2D eigenvalue weighted by molar-refractivity contribution is 0.0939. The Bertz CT molecular complexity index is 656. The van der Waals surface area contributed by atoms with Gasteiger partial charge in [-0.3, -0.25) is 4.79 Å². The molecule has 0 bridgehead atoms. The van der Waals surface area contributed by atoms with E-state index in [1.54, 1.807) is 13.2 Å². The predicted molar refractivity (Wildman–Crippen MR) is 95.5 cm³/mol. The Morgan fingerprint density at radius 3 is 2.50 bits per heavy atom. The van der Waals surface area contributed by atoms with Gasteiger partial charge in [0.05, 0.1) is 12.7 Å². The standard InChI is InChI=1S/C17H17Br2NO2/c1-11(9-12-3-5-13(18)6-4-12)20-17(21)15-10-14(22-2)7-8-16(15)19/h3-8,10-11H,9H2,1-2H3,(H,20,21). The SMILES string of the molecule is COc1ccc(Br)c(C(=O)NC(C)Cc2ccc(Br)cc2)c1. The van der Waals surface area contributed by atoms with Crippen molar-refractivity contribution in [1.82, 2.24) is 5.32 Å². The van der Waals surface area contributed by atoms with Crippen molar-refractivity contribution in [3.63, 3.8) is 0 Å². The van der Waals surface area contributed by atoms with Crippen molar-refractivity contribution in [2.24, 2.45) is 0 Å². The summed E-state index contributed by atoms with van der Waals surface area (Å²) in [5.41, 5.74) is 1.75. The van der Waals surface area contributed by atoms with Crippen molar-refractivity contribution in [2.45, 2.75) is 19.4 Å². The van der Waals surface area contributed by atoms with E-state index < -0.39 is 0 Å². The number of halogens is 2. The van der Waals surface area contributed by atoms with E-state index in [2.05, 4.69) is 37.2 Å². The van der Waals surface area contributed by atoms with Gasteiger partial charge in [-0.15, -0.1) is 0 Å². The molecular formula is C17H17Br2NO2. The molecule has 0 aromatic heterocycles. The number of ether oxygens (including phenoxy) is 1. The van der Waals surface area contributed by atoms with Gasteiger partial charge in [-0.25, -0.2) is 0 Å². The van der Waals surface area contributed by atoms with Crippen molar-refractivity contribution >= 4 is 37.8 Å². The highest BCUT2D eigenvalue weighted by Gasteiger charge is 2.14. The summed E-state index contributed by atoms with van der Waals surface area (Å²) in [7, 11) is 1.58. The number of methoxy groups -OCH3 is 1. The van der Waals surface area contributed by atoms with E-state index in [1.165, 1.54) is 5.56 Å². The van der Waals surface area contributed by atoms with Crippen LogP contribution in [0.25, 0.3) is 0 Å². The van der Waals surface area contributed by atoms with Crippen LogP contribution in [0.2, 0.25) is 0 Å².